The van der Waals surface area contributed by atoms with Crippen molar-refractivity contribution in [3.8, 4) is 0 Å². The van der Waals surface area contributed by atoms with Crippen molar-refractivity contribution < 1.29 is 4.74 Å². The molecule has 6 nitrogen and oxygen atoms in total. The van der Waals surface area contributed by atoms with Gasteiger partial charge in [0.15, 0.2) is 0 Å². The summed E-state index contributed by atoms with van der Waals surface area (Å²) in [5.41, 5.74) is 1.13. The Bertz CT molecular complexity index is 432. The summed E-state index contributed by atoms with van der Waals surface area (Å²) in [6.07, 6.45) is 6.65. The first-order chi connectivity index (χ1) is 10.3. The molecule has 1 unspecified atom stereocenters. The number of ether oxygens (including phenoxy) is 1. The van der Waals surface area contributed by atoms with Gasteiger partial charge in [0.05, 0.1) is 12.7 Å². The molecular weight excluding hydrogens is 266 g/mol. The number of hydrogen-bond acceptors (Lipinski definition) is 6. The van der Waals surface area contributed by atoms with Gasteiger partial charge in [-0.15, -0.1) is 0 Å². The molecule has 2 saturated heterocycles. The fourth-order valence-electron chi connectivity index (χ4n) is 2.89. The number of aromatic nitrogens is 2. The van der Waals surface area contributed by atoms with Crippen molar-refractivity contribution >= 4 is 5.95 Å². The van der Waals surface area contributed by atoms with E-state index < -0.39 is 0 Å². The molecule has 1 aromatic heterocycles. The van der Waals surface area contributed by atoms with Crippen LogP contribution in [0.3, 0.4) is 0 Å². The largest absolute Gasteiger partial charge is 0.374 e. The molecule has 0 saturated carbocycles. The lowest BCUT2D eigenvalue weighted by Gasteiger charge is -2.30. The Hall–Kier alpha value is -1.24. The lowest BCUT2D eigenvalue weighted by Crippen LogP contribution is -2.44. The van der Waals surface area contributed by atoms with Gasteiger partial charge in [0, 0.05) is 57.2 Å². The van der Waals surface area contributed by atoms with Crippen molar-refractivity contribution in [2.75, 3.05) is 51.3 Å². The highest BCUT2D eigenvalue weighted by molar-refractivity contribution is 5.30. The maximum atomic E-state index is 5.73. The van der Waals surface area contributed by atoms with Crippen LogP contribution >= 0.6 is 0 Å². The highest BCUT2D eigenvalue weighted by Crippen LogP contribution is 2.14. The Morgan fingerprint density at radius 2 is 2.00 bits per heavy atom. The van der Waals surface area contributed by atoms with Gasteiger partial charge in [-0.25, -0.2) is 9.97 Å². The highest BCUT2D eigenvalue weighted by atomic mass is 16.5. The van der Waals surface area contributed by atoms with Gasteiger partial charge in [-0.1, -0.05) is 0 Å². The zero-order valence-corrected chi connectivity index (χ0v) is 12.8. The summed E-state index contributed by atoms with van der Waals surface area (Å²) in [6, 6.07) is 0. The molecule has 116 valence electrons. The van der Waals surface area contributed by atoms with Crippen LogP contribution in [0, 0.1) is 0 Å². The van der Waals surface area contributed by atoms with E-state index in [9.17, 15) is 0 Å². The minimum Gasteiger partial charge on any atom is -0.374 e. The monoisotopic (exact) mass is 291 g/mol. The van der Waals surface area contributed by atoms with Crippen LogP contribution in [-0.2, 0) is 11.3 Å². The van der Waals surface area contributed by atoms with E-state index in [1.54, 1.807) is 0 Å². The minimum atomic E-state index is 0.286. The third-order valence-corrected chi connectivity index (χ3v) is 4.12. The molecule has 3 heterocycles. The lowest BCUT2D eigenvalue weighted by molar-refractivity contribution is -0.0182. The van der Waals surface area contributed by atoms with Crippen LogP contribution in [0.4, 0.5) is 5.95 Å². The molecule has 3 rings (SSSR count). The van der Waals surface area contributed by atoms with Crippen LogP contribution in [0.1, 0.15) is 18.4 Å². The van der Waals surface area contributed by atoms with Crippen LogP contribution in [0.25, 0.3) is 0 Å². The molecule has 0 aromatic carbocycles. The zero-order valence-electron chi connectivity index (χ0n) is 12.8. The summed E-state index contributed by atoms with van der Waals surface area (Å²) in [5.74, 6) is 0.869. The maximum absolute atomic E-state index is 5.73. The van der Waals surface area contributed by atoms with Crippen LogP contribution in [-0.4, -0.2) is 67.4 Å². The topological polar surface area (TPSA) is 53.5 Å². The summed E-state index contributed by atoms with van der Waals surface area (Å²) in [4.78, 5) is 13.5. The van der Waals surface area contributed by atoms with Crippen LogP contribution in [0.15, 0.2) is 12.4 Å². The summed E-state index contributed by atoms with van der Waals surface area (Å²) in [6.45, 7) is 6.70. The van der Waals surface area contributed by atoms with Crippen LogP contribution < -0.4 is 10.2 Å². The van der Waals surface area contributed by atoms with E-state index in [1.807, 2.05) is 12.4 Å². The van der Waals surface area contributed by atoms with E-state index in [1.165, 1.54) is 12.8 Å². The molecule has 0 spiro atoms. The van der Waals surface area contributed by atoms with E-state index in [0.717, 1.165) is 57.4 Å². The Kier molecular flexibility index (Phi) is 5.00. The van der Waals surface area contributed by atoms with Crippen LogP contribution in [0.5, 0.6) is 0 Å². The van der Waals surface area contributed by atoms with Crippen LogP contribution in [0.2, 0.25) is 0 Å². The smallest absolute Gasteiger partial charge is 0.225 e. The Balaban J connectivity index is 1.42. The average molecular weight is 291 g/mol. The molecule has 1 aromatic rings. The van der Waals surface area contributed by atoms with Crippen molar-refractivity contribution in [2.45, 2.75) is 25.5 Å². The number of anilines is 1. The van der Waals surface area contributed by atoms with Crippen molar-refractivity contribution in [1.29, 1.82) is 0 Å². The van der Waals surface area contributed by atoms with Gasteiger partial charge in [0.25, 0.3) is 0 Å². The molecule has 0 radical (unpaired) electrons. The molecular formula is C15H25N5O. The molecule has 1 N–H and O–H groups in total. The standard InChI is InChI=1S/C15H25N5O/c1-19-6-7-21-14(12-19)11-16-8-13-9-17-15(18-10-13)20-4-2-3-5-20/h9-10,14,16H,2-8,11-12H2,1H3. The van der Waals surface area contributed by atoms with Gasteiger partial charge < -0.3 is 19.9 Å². The van der Waals surface area contributed by atoms with E-state index in [-0.39, 0.29) is 6.10 Å². The molecule has 2 aliphatic heterocycles. The van der Waals surface area contributed by atoms with Gasteiger partial charge in [0.2, 0.25) is 5.95 Å². The van der Waals surface area contributed by atoms with E-state index in [4.69, 9.17) is 4.74 Å². The third kappa shape index (κ3) is 4.12. The predicted octanol–water partition coefficient (Wildman–Crippen LogP) is 0.497. The average Bonchev–Trinajstić information content (AvgIpc) is 3.02. The first-order valence-electron chi connectivity index (χ1n) is 7.88. The number of rotatable bonds is 5. The number of nitrogens with zero attached hydrogens (tertiary/aromatic N) is 4. The highest BCUT2D eigenvalue weighted by Gasteiger charge is 2.17. The number of hydrogen-bond donors (Lipinski definition) is 1. The molecule has 2 fully saturated rings. The molecule has 2 aliphatic rings. The summed E-state index contributed by atoms with van der Waals surface area (Å²) in [7, 11) is 2.14. The zero-order chi connectivity index (χ0) is 14.5. The summed E-state index contributed by atoms with van der Waals surface area (Å²) >= 11 is 0. The van der Waals surface area contributed by atoms with Crippen molar-refractivity contribution in [3.05, 3.63) is 18.0 Å². The molecule has 0 aliphatic carbocycles. The minimum absolute atomic E-state index is 0.286. The quantitative estimate of drug-likeness (QED) is 0.852. The SMILES string of the molecule is CN1CCOC(CNCc2cnc(N3CCCC3)nc2)C1. The van der Waals surface area contributed by atoms with Gasteiger partial charge in [0.1, 0.15) is 0 Å². The number of likely N-dealkylation sites (N-methyl/N-ethyl adjacent to an activating group) is 1. The number of morpholine rings is 1. The molecule has 21 heavy (non-hydrogen) atoms. The van der Waals surface area contributed by atoms with Gasteiger partial charge >= 0.3 is 0 Å². The van der Waals surface area contributed by atoms with Gasteiger partial charge in [-0.2, -0.15) is 0 Å². The Morgan fingerprint density at radius 1 is 1.24 bits per heavy atom. The van der Waals surface area contributed by atoms with E-state index in [0.29, 0.717) is 0 Å². The second kappa shape index (κ2) is 7.15. The maximum Gasteiger partial charge on any atom is 0.225 e. The Morgan fingerprint density at radius 3 is 2.71 bits per heavy atom. The molecule has 0 bridgehead atoms. The number of nitrogens with one attached hydrogen (secondary N) is 1. The second-order valence-corrected chi connectivity index (χ2v) is 5.97. The predicted molar refractivity (Wildman–Crippen MR) is 82.4 cm³/mol. The van der Waals surface area contributed by atoms with Crippen molar-refractivity contribution in [1.82, 2.24) is 20.2 Å². The van der Waals surface area contributed by atoms with Crippen molar-refractivity contribution in [2.24, 2.45) is 0 Å². The van der Waals surface area contributed by atoms with Gasteiger partial charge in [-0.05, 0) is 19.9 Å². The molecule has 6 heteroatoms. The fraction of sp³-hybridized carbons (Fsp3) is 0.733. The van der Waals surface area contributed by atoms with E-state index in [2.05, 4.69) is 32.1 Å². The van der Waals surface area contributed by atoms with Gasteiger partial charge in [-0.3, -0.25) is 0 Å². The summed E-state index contributed by atoms with van der Waals surface area (Å²) in [5, 5.41) is 3.44. The third-order valence-electron chi connectivity index (χ3n) is 4.12. The summed E-state index contributed by atoms with van der Waals surface area (Å²) < 4.78 is 5.73. The molecule has 0 amide bonds. The normalized spacial score (nSPS) is 23.7. The lowest BCUT2D eigenvalue weighted by atomic mass is 10.2. The molecule has 1 atom stereocenters. The second-order valence-electron chi connectivity index (χ2n) is 5.97. The van der Waals surface area contributed by atoms with E-state index >= 15 is 0 Å². The fourth-order valence-corrected chi connectivity index (χ4v) is 2.89. The van der Waals surface area contributed by atoms with Crippen molar-refractivity contribution in [3.63, 3.8) is 0 Å². The Labute approximate surface area is 126 Å². The first-order valence-corrected chi connectivity index (χ1v) is 7.88. The first kappa shape index (κ1) is 14.7.